The Balaban J connectivity index is 1.82. The lowest BCUT2D eigenvalue weighted by Crippen LogP contribution is -2.44. The van der Waals surface area contributed by atoms with E-state index < -0.39 is 0 Å². The molecule has 2 N–H and O–H groups in total. The fourth-order valence-corrected chi connectivity index (χ4v) is 2.28. The minimum absolute atomic E-state index is 0.00891. The number of nitrogens with one attached hydrogen (secondary N) is 1. The molecule has 0 aliphatic carbocycles. The number of rotatable bonds is 2. The van der Waals surface area contributed by atoms with Crippen LogP contribution in [0.1, 0.15) is 25.3 Å². The highest BCUT2D eigenvalue weighted by Crippen LogP contribution is 2.15. The molecule has 1 fully saturated rings. The Bertz CT molecular complexity index is 403. The van der Waals surface area contributed by atoms with Gasteiger partial charge in [0.2, 0.25) is 0 Å². The summed E-state index contributed by atoms with van der Waals surface area (Å²) in [6, 6.07) is 6.90. The topological polar surface area (TPSA) is 52.6 Å². The predicted molar refractivity (Wildman–Crippen MR) is 70.3 cm³/mol. The summed E-state index contributed by atoms with van der Waals surface area (Å²) in [5.41, 5.74) is 0.992. The normalized spacial score (nSPS) is 19.6. The number of carbonyl (C=O) groups is 1. The minimum atomic E-state index is 0.00891. The Morgan fingerprint density at radius 2 is 2.17 bits per heavy atom. The third kappa shape index (κ3) is 3.39. The van der Waals surface area contributed by atoms with Gasteiger partial charge in [-0.1, -0.05) is 19.1 Å². The molecular formula is C14H20N2O2. The van der Waals surface area contributed by atoms with Crippen LogP contribution in [0, 0.1) is 5.92 Å². The highest BCUT2D eigenvalue weighted by molar-refractivity contribution is 5.74. The first kappa shape index (κ1) is 12.7. The van der Waals surface area contributed by atoms with Crippen molar-refractivity contribution in [1.82, 2.24) is 10.2 Å². The van der Waals surface area contributed by atoms with Crippen molar-refractivity contribution in [2.75, 3.05) is 13.1 Å². The van der Waals surface area contributed by atoms with E-state index in [1.54, 1.807) is 12.1 Å². The molecule has 2 amide bonds. The van der Waals surface area contributed by atoms with E-state index in [0.717, 1.165) is 25.1 Å². The average molecular weight is 248 g/mol. The molecule has 2 rings (SSSR count). The van der Waals surface area contributed by atoms with E-state index in [-0.39, 0.29) is 11.8 Å². The van der Waals surface area contributed by atoms with Gasteiger partial charge in [0, 0.05) is 19.6 Å². The summed E-state index contributed by atoms with van der Waals surface area (Å²) in [6.45, 7) is 4.39. The van der Waals surface area contributed by atoms with Crippen LogP contribution in [-0.2, 0) is 6.54 Å². The summed E-state index contributed by atoms with van der Waals surface area (Å²) >= 11 is 0. The molecule has 1 aromatic rings. The van der Waals surface area contributed by atoms with Crippen molar-refractivity contribution >= 4 is 6.03 Å². The number of benzene rings is 1. The second kappa shape index (κ2) is 5.76. The highest BCUT2D eigenvalue weighted by Gasteiger charge is 2.20. The molecule has 0 radical (unpaired) electrons. The van der Waals surface area contributed by atoms with Crippen molar-refractivity contribution in [3.63, 3.8) is 0 Å². The summed E-state index contributed by atoms with van der Waals surface area (Å²) in [7, 11) is 0. The van der Waals surface area contributed by atoms with Crippen molar-refractivity contribution in [3.8, 4) is 5.75 Å². The van der Waals surface area contributed by atoms with Crippen LogP contribution >= 0.6 is 0 Å². The molecule has 0 saturated carbocycles. The fraction of sp³-hybridized carbons (Fsp3) is 0.500. The molecule has 1 saturated heterocycles. The largest absolute Gasteiger partial charge is 0.508 e. The maximum atomic E-state index is 11.9. The van der Waals surface area contributed by atoms with E-state index in [4.69, 9.17) is 0 Å². The first-order valence-electron chi connectivity index (χ1n) is 6.46. The number of nitrogens with zero attached hydrogens (tertiary/aromatic N) is 1. The SMILES string of the molecule is CC1CCCN(C(=O)NCc2ccc(O)cc2)C1. The second-order valence-corrected chi connectivity index (χ2v) is 5.02. The second-order valence-electron chi connectivity index (χ2n) is 5.02. The molecule has 18 heavy (non-hydrogen) atoms. The van der Waals surface area contributed by atoms with Gasteiger partial charge in [-0.3, -0.25) is 0 Å². The monoisotopic (exact) mass is 248 g/mol. The Labute approximate surface area is 108 Å². The lowest BCUT2D eigenvalue weighted by atomic mass is 10.0. The number of likely N-dealkylation sites (tertiary alicyclic amines) is 1. The Morgan fingerprint density at radius 1 is 1.44 bits per heavy atom. The van der Waals surface area contributed by atoms with Gasteiger partial charge in [-0.05, 0) is 36.5 Å². The van der Waals surface area contributed by atoms with Crippen molar-refractivity contribution in [2.45, 2.75) is 26.3 Å². The summed E-state index contributed by atoms with van der Waals surface area (Å²) < 4.78 is 0. The maximum Gasteiger partial charge on any atom is 0.317 e. The smallest absolute Gasteiger partial charge is 0.317 e. The van der Waals surface area contributed by atoms with Crippen molar-refractivity contribution in [1.29, 1.82) is 0 Å². The number of phenolic OH excluding ortho intramolecular Hbond substituents is 1. The number of phenols is 1. The molecule has 1 heterocycles. The van der Waals surface area contributed by atoms with Gasteiger partial charge in [-0.25, -0.2) is 4.79 Å². The Kier molecular flexibility index (Phi) is 4.07. The van der Waals surface area contributed by atoms with Crippen LogP contribution in [0.3, 0.4) is 0 Å². The molecular weight excluding hydrogens is 228 g/mol. The van der Waals surface area contributed by atoms with E-state index in [2.05, 4.69) is 12.2 Å². The highest BCUT2D eigenvalue weighted by atomic mass is 16.3. The van der Waals surface area contributed by atoms with Crippen LogP contribution in [0.15, 0.2) is 24.3 Å². The quantitative estimate of drug-likeness (QED) is 0.844. The minimum Gasteiger partial charge on any atom is -0.508 e. The molecule has 4 heteroatoms. The van der Waals surface area contributed by atoms with E-state index in [1.807, 2.05) is 17.0 Å². The third-order valence-electron chi connectivity index (χ3n) is 3.32. The first-order chi connectivity index (χ1) is 8.65. The van der Waals surface area contributed by atoms with E-state index >= 15 is 0 Å². The maximum absolute atomic E-state index is 11.9. The van der Waals surface area contributed by atoms with Crippen LogP contribution in [0.4, 0.5) is 4.79 Å². The Morgan fingerprint density at radius 3 is 2.83 bits per heavy atom. The van der Waals surface area contributed by atoms with E-state index in [1.165, 1.54) is 6.42 Å². The number of aromatic hydroxyl groups is 1. The molecule has 1 aliphatic rings. The number of amides is 2. The van der Waals surface area contributed by atoms with Crippen LogP contribution in [0.5, 0.6) is 5.75 Å². The van der Waals surface area contributed by atoms with Crippen LogP contribution in [0.2, 0.25) is 0 Å². The fourth-order valence-electron chi connectivity index (χ4n) is 2.28. The predicted octanol–water partition coefficient (Wildman–Crippen LogP) is 2.33. The summed E-state index contributed by atoms with van der Waals surface area (Å²) in [4.78, 5) is 13.8. The zero-order valence-electron chi connectivity index (χ0n) is 10.7. The number of hydrogen-bond donors (Lipinski definition) is 2. The zero-order chi connectivity index (χ0) is 13.0. The molecule has 4 nitrogen and oxygen atoms in total. The summed E-state index contributed by atoms with van der Waals surface area (Å²) in [5.74, 6) is 0.841. The van der Waals surface area contributed by atoms with Crippen LogP contribution in [0.25, 0.3) is 0 Å². The van der Waals surface area contributed by atoms with Crippen molar-refractivity contribution < 1.29 is 9.90 Å². The Hall–Kier alpha value is -1.71. The number of piperidine rings is 1. The molecule has 1 unspecified atom stereocenters. The van der Waals surface area contributed by atoms with Gasteiger partial charge in [-0.15, -0.1) is 0 Å². The molecule has 1 aromatic carbocycles. The van der Waals surface area contributed by atoms with Crippen LogP contribution in [-0.4, -0.2) is 29.1 Å². The summed E-state index contributed by atoms with van der Waals surface area (Å²) in [6.07, 6.45) is 2.30. The molecule has 98 valence electrons. The van der Waals surface area contributed by atoms with E-state index in [0.29, 0.717) is 12.5 Å². The molecule has 1 aliphatic heterocycles. The average Bonchev–Trinajstić information content (AvgIpc) is 2.38. The lowest BCUT2D eigenvalue weighted by Gasteiger charge is -2.30. The lowest BCUT2D eigenvalue weighted by molar-refractivity contribution is 0.169. The molecule has 0 spiro atoms. The van der Waals surface area contributed by atoms with Gasteiger partial charge < -0.3 is 15.3 Å². The van der Waals surface area contributed by atoms with Gasteiger partial charge >= 0.3 is 6.03 Å². The molecule has 1 atom stereocenters. The first-order valence-corrected chi connectivity index (χ1v) is 6.46. The van der Waals surface area contributed by atoms with Gasteiger partial charge in [0.25, 0.3) is 0 Å². The van der Waals surface area contributed by atoms with Gasteiger partial charge in [0.15, 0.2) is 0 Å². The molecule has 0 aromatic heterocycles. The van der Waals surface area contributed by atoms with Gasteiger partial charge in [-0.2, -0.15) is 0 Å². The van der Waals surface area contributed by atoms with Crippen LogP contribution < -0.4 is 5.32 Å². The number of hydrogen-bond acceptors (Lipinski definition) is 2. The third-order valence-corrected chi connectivity index (χ3v) is 3.32. The van der Waals surface area contributed by atoms with Gasteiger partial charge in [0.05, 0.1) is 0 Å². The molecule has 0 bridgehead atoms. The van der Waals surface area contributed by atoms with E-state index in [9.17, 15) is 9.90 Å². The van der Waals surface area contributed by atoms with Gasteiger partial charge in [0.1, 0.15) is 5.75 Å². The van der Waals surface area contributed by atoms with Crippen molar-refractivity contribution in [2.24, 2.45) is 5.92 Å². The zero-order valence-corrected chi connectivity index (χ0v) is 10.7. The summed E-state index contributed by atoms with van der Waals surface area (Å²) in [5, 5.41) is 12.1. The number of carbonyl (C=O) groups excluding carboxylic acids is 1. The standard InChI is InChI=1S/C14H20N2O2/c1-11-3-2-8-16(10-11)14(18)15-9-12-4-6-13(17)7-5-12/h4-7,11,17H,2-3,8-10H2,1H3,(H,15,18). The van der Waals surface area contributed by atoms with Crippen molar-refractivity contribution in [3.05, 3.63) is 29.8 Å². The number of urea groups is 1.